The molecule has 4 nitrogen and oxygen atoms in total. The Balaban J connectivity index is 2.98. The van der Waals surface area contributed by atoms with Crippen molar-refractivity contribution in [1.82, 2.24) is 4.90 Å². The van der Waals surface area contributed by atoms with Crippen molar-refractivity contribution in [3.8, 4) is 5.75 Å². The highest BCUT2D eigenvalue weighted by Gasteiger charge is 2.15. The maximum absolute atomic E-state index is 13.3. The number of hydrogen-bond acceptors (Lipinski definition) is 4. The van der Waals surface area contributed by atoms with E-state index in [1.54, 1.807) is 18.9 Å². The highest BCUT2D eigenvalue weighted by Crippen LogP contribution is 2.25. The van der Waals surface area contributed by atoms with Gasteiger partial charge in [0, 0.05) is 18.7 Å². The molecule has 0 bridgehead atoms. The van der Waals surface area contributed by atoms with Gasteiger partial charge < -0.3 is 10.2 Å². The van der Waals surface area contributed by atoms with E-state index in [2.05, 4.69) is 0 Å². The molecule has 1 unspecified atom stereocenters. The summed E-state index contributed by atoms with van der Waals surface area (Å²) < 4.78 is 13.3. The van der Waals surface area contributed by atoms with Crippen LogP contribution in [0.15, 0.2) is 12.1 Å². The molecule has 0 aliphatic rings. The van der Waals surface area contributed by atoms with Gasteiger partial charge in [-0.25, -0.2) is 4.39 Å². The van der Waals surface area contributed by atoms with Crippen LogP contribution in [0.5, 0.6) is 5.75 Å². The second-order valence-corrected chi connectivity index (χ2v) is 4.56. The molecule has 0 saturated carbocycles. The van der Waals surface area contributed by atoms with Crippen molar-refractivity contribution in [2.24, 2.45) is 0 Å². The lowest BCUT2D eigenvalue weighted by Crippen LogP contribution is -2.26. The summed E-state index contributed by atoms with van der Waals surface area (Å²) in [5, 5.41) is 19.1. The number of halogens is 1. The van der Waals surface area contributed by atoms with Crippen molar-refractivity contribution < 1.29 is 19.4 Å². The summed E-state index contributed by atoms with van der Waals surface area (Å²) in [6.07, 6.45) is -0.516. The molecule has 1 atom stereocenters. The maximum atomic E-state index is 13.3. The minimum absolute atomic E-state index is 0.0181. The van der Waals surface area contributed by atoms with Crippen LogP contribution in [0, 0.1) is 5.82 Å². The van der Waals surface area contributed by atoms with Crippen molar-refractivity contribution in [3.05, 3.63) is 29.1 Å². The van der Waals surface area contributed by atoms with E-state index in [4.69, 9.17) is 0 Å². The van der Waals surface area contributed by atoms with Crippen LogP contribution >= 0.6 is 0 Å². The zero-order chi connectivity index (χ0) is 13.9. The molecule has 1 rings (SSSR count). The Morgan fingerprint density at radius 1 is 1.50 bits per heavy atom. The van der Waals surface area contributed by atoms with Crippen LogP contribution in [0.4, 0.5) is 4.39 Å². The van der Waals surface area contributed by atoms with E-state index in [1.807, 2.05) is 0 Å². The van der Waals surface area contributed by atoms with E-state index in [1.165, 1.54) is 13.0 Å². The minimum atomic E-state index is -0.557. The van der Waals surface area contributed by atoms with Crippen LogP contribution in [0.3, 0.4) is 0 Å². The van der Waals surface area contributed by atoms with Gasteiger partial charge in [0.25, 0.3) is 0 Å². The number of ketones is 1. The molecular formula is C13H18FNO3. The van der Waals surface area contributed by atoms with Crippen molar-refractivity contribution in [3.63, 3.8) is 0 Å². The third-order valence-corrected chi connectivity index (χ3v) is 2.55. The summed E-state index contributed by atoms with van der Waals surface area (Å²) in [5.41, 5.74) is 0.318. The number of aliphatic hydroxyl groups excluding tert-OH is 1. The topological polar surface area (TPSA) is 60.8 Å². The van der Waals surface area contributed by atoms with E-state index in [9.17, 15) is 19.4 Å². The summed E-state index contributed by atoms with van der Waals surface area (Å²) >= 11 is 0. The number of benzene rings is 1. The van der Waals surface area contributed by atoms with Crippen molar-refractivity contribution in [2.45, 2.75) is 26.5 Å². The molecule has 0 radical (unpaired) electrons. The van der Waals surface area contributed by atoms with Crippen LogP contribution in [-0.4, -0.2) is 40.6 Å². The Bertz CT molecular complexity index is 446. The van der Waals surface area contributed by atoms with E-state index in [0.29, 0.717) is 12.1 Å². The van der Waals surface area contributed by atoms with Gasteiger partial charge in [0.05, 0.1) is 11.7 Å². The number of likely N-dealkylation sites (N-methyl/N-ethyl adjacent to an activating group) is 1. The largest absolute Gasteiger partial charge is 0.507 e. The maximum Gasteiger partial charge on any atom is 0.163 e. The first kappa shape index (κ1) is 14.6. The Morgan fingerprint density at radius 3 is 2.61 bits per heavy atom. The number of rotatable bonds is 5. The first-order valence-corrected chi connectivity index (χ1v) is 5.70. The lowest BCUT2D eigenvalue weighted by Gasteiger charge is -2.19. The van der Waals surface area contributed by atoms with Gasteiger partial charge in [-0.3, -0.25) is 9.69 Å². The monoisotopic (exact) mass is 255 g/mol. The molecule has 0 aromatic heterocycles. The minimum Gasteiger partial charge on any atom is -0.507 e. The highest BCUT2D eigenvalue weighted by molar-refractivity contribution is 5.97. The second-order valence-electron chi connectivity index (χ2n) is 4.56. The quantitative estimate of drug-likeness (QED) is 0.784. The first-order valence-electron chi connectivity index (χ1n) is 5.70. The molecule has 0 fully saturated rings. The van der Waals surface area contributed by atoms with Crippen LogP contribution in [0.2, 0.25) is 0 Å². The Hall–Kier alpha value is -1.46. The molecule has 0 saturated heterocycles. The molecule has 0 aliphatic carbocycles. The molecular weight excluding hydrogens is 237 g/mol. The molecule has 1 aromatic carbocycles. The highest BCUT2D eigenvalue weighted by atomic mass is 19.1. The second kappa shape index (κ2) is 5.93. The molecule has 0 amide bonds. The first-order chi connectivity index (χ1) is 8.31. The Morgan fingerprint density at radius 2 is 2.11 bits per heavy atom. The van der Waals surface area contributed by atoms with E-state index >= 15 is 0 Å². The molecule has 0 spiro atoms. The van der Waals surface area contributed by atoms with Gasteiger partial charge in [-0.2, -0.15) is 0 Å². The van der Waals surface area contributed by atoms with Crippen LogP contribution in [-0.2, 0) is 6.54 Å². The third-order valence-electron chi connectivity index (χ3n) is 2.55. The SMILES string of the molecule is CC(=O)c1cc(F)cc(CN(C)CC(C)O)c1O. The number of aromatic hydroxyl groups is 1. The average molecular weight is 255 g/mol. The van der Waals surface area contributed by atoms with Crippen LogP contribution in [0.1, 0.15) is 29.8 Å². The Labute approximate surface area is 106 Å². The molecule has 1 aromatic rings. The molecule has 5 heteroatoms. The van der Waals surface area contributed by atoms with Crippen molar-refractivity contribution in [2.75, 3.05) is 13.6 Å². The molecule has 0 heterocycles. The zero-order valence-electron chi connectivity index (χ0n) is 10.8. The number of aliphatic hydroxyl groups is 1. The third kappa shape index (κ3) is 3.78. The number of carbonyl (C=O) groups is 1. The summed E-state index contributed by atoms with van der Waals surface area (Å²) in [5.74, 6) is -1.13. The summed E-state index contributed by atoms with van der Waals surface area (Å²) in [6, 6.07) is 2.22. The van der Waals surface area contributed by atoms with Crippen LogP contribution in [0.25, 0.3) is 0 Å². The lowest BCUT2D eigenvalue weighted by atomic mass is 10.0. The fourth-order valence-electron chi connectivity index (χ4n) is 1.85. The fraction of sp³-hybridized carbons (Fsp3) is 0.462. The van der Waals surface area contributed by atoms with Gasteiger partial charge >= 0.3 is 0 Å². The number of phenols is 1. The average Bonchev–Trinajstić information content (AvgIpc) is 2.21. The predicted molar refractivity (Wildman–Crippen MR) is 66.1 cm³/mol. The fourth-order valence-corrected chi connectivity index (χ4v) is 1.85. The van der Waals surface area contributed by atoms with E-state index < -0.39 is 11.9 Å². The molecule has 2 N–H and O–H groups in total. The summed E-state index contributed by atoms with van der Waals surface area (Å²) in [6.45, 7) is 3.57. The standard InChI is InChI=1S/C13H18FNO3/c1-8(16)6-15(3)7-10-4-11(14)5-12(9(2)17)13(10)18/h4-5,8,16,18H,6-7H2,1-3H3. The van der Waals surface area contributed by atoms with E-state index in [-0.39, 0.29) is 23.6 Å². The molecule has 100 valence electrons. The normalized spacial score (nSPS) is 12.8. The number of nitrogens with zero attached hydrogens (tertiary/aromatic N) is 1. The van der Waals surface area contributed by atoms with Crippen molar-refractivity contribution in [1.29, 1.82) is 0 Å². The molecule has 0 aliphatic heterocycles. The van der Waals surface area contributed by atoms with Gasteiger partial charge in [-0.15, -0.1) is 0 Å². The van der Waals surface area contributed by atoms with E-state index in [0.717, 1.165) is 6.07 Å². The van der Waals surface area contributed by atoms with Gasteiger partial charge in [-0.1, -0.05) is 0 Å². The smallest absolute Gasteiger partial charge is 0.163 e. The van der Waals surface area contributed by atoms with Gasteiger partial charge in [0.15, 0.2) is 5.78 Å². The number of carbonyl (C=O) groups excluding carboxylic acids is 1. The predicted octanol–water partition coefficient (Wildman–Crippen LogP) is 1.55. The zero-order valence-corrected chi connectivity index (χ0v) is 10.8. The van der Waals surface area contributed by atoms with Gasteiger partial charge in [0.2, 0.25) is 0 Å². The Kier molecular flexibility index (Phi) is 4.81. The van der Waals surface area contributed by atoms with Gasteiger partial charge in [-0.05, 0) is 33.0 Å². The van der Waals surface area contributed by atoms with Crippen LogP contribution < -0.4 is 0 Å². The number of phenolic OH excluding ortho intramolecular Hbond substituents is 1. The molecule has 18 heavy (non-hydrogen) atoms. The van der Waals surface area contributed by atoms with Crippen molar-refractivity contribution >= 4 is 5.78 Å². The summed E-state index contributed by atoms with van der Waals surface area (Å²) in [7, 11) is 1.74. The number of Topliss-reactive ketones (excluding diaryl/α,β-unsaturated/α-hetero) is 1. The van der Waals surface area contributed by atoms with Gasteiger partial charge in [0.1, 0.15) is 11.6 Å². The summed E-state index contributed by atoms with van der Waals surface area (Å²) in [4.78, 5) is 13.0. The number of hydrogen-bond donors (Lipinski definition) is 2. The lowest BCUT2D eigenvalue weighted by molar-refractivity contribution is 0.101.